The van der Waals surface area contributed by atoms with Crippen molar-refractivity contribution in [1.29, 1.82) is 0 Å². The van der Waals surface area contributed by atoms with Gasteiger partial charge in [-0.05, 0) is 12.0 Å². The molecule has 0 atom stereocenters. The molecule has 0 aromatic heterocycles. The fraction of sp³-hybridized carbons (Fsp3) is 0.500. The van der Waals surface area contributed by atoms with E-state index in [2.05, 4.69) is 0 Å². The summed E-state index contributed by atoms with van der Waals surface area (Å²) >= 11 is 0. The van der Waals surface area contributed by atoms with Crippen LogP contribution in [0, 0.1) is 0 Å². The minimum atomic E-state index is -0.483. The van der Waals surface area contributed by atoms with Crippen LogP contribution in [-0.2, 0) is 0 Å². The minimum absolute atomic E-state index is 0.472. The normalized spacial score (nSPS) is 12.9. The molecule has 0 aliphatic heterocycles. The Morgan fingerprint density at radius 1 is 1.30 bits per heavy atom. The Morgan fingerprint density at radius 2 is 2.00 bits per heavy atom. The maximum Gasteiger partial charge on any atom is 0.108 e. The molecule has 0 rings (SSSR count). The van der Waals surface area contributed by atoms with Crippen molar-refractivity contribution >= 4 is 0 Å². The molecule has 0 spiro atoms. The van der Waals surface area contributed by atoms with E-state index in [0.717, 1.165) is 12.0 Å². The van der Waals surface area contributed by atoms with Gasteiger partial charge in [0.05, 0.1) is 0 Å². The van der Waals surface area contributed by atoms with E-state index in [1.807, 2.05) is 6.92 Å². The highest BCUT2D eigenvalue weighted by atomic mass is 19.1. The van der Waals surface area contributed by atoms with Crippen LogP contribution in [0.25, 0.3) is 0 Å². The van der Waals surface area contributed by atoms with Gasteiger partial charge in [-0.15, -0.1) is 0 Å². The summed E-state index contributed by atoms with van der Waals surface area (Å²) in [6.45, 7) is 0.952. The van der Waals surface area contributed by atoms with E-state index in [0.29, 0.717) is 0 Å². The third kappa shape index (κ3) is 4.24. The number of hydrogen-bond donors (Lipinski definition) is 0. The van der Waals surface area contributed by atoms with Crippen molar-refractivity contribution in [3.63, 3.8) is 0 Å². The smallest absolute Gasteiger partial charge is 0.108 e. The lowest BCUT2D eigenvalue weighted by molar-refractivity contribution is 0.557. The molecule has 0 aliphatic carbocycles. The van der Waals surface area contributed by atoms with Gasteiger partial charge in [-0.2, -0.15) is 0 Å². The number of rotatable bonds is 4. The van der Waals surface area contributed by atoms with Crippen LogP contribution in [0.5, 0.6) is 0 Å². The highest BCUT2D eigenvalue weighted by Gasteiger charge is 1.85. The molecule has 0 aliphatic rings. The first kappa shape index (κ1) is 9.34. The Kier molecular flexibility index (Phi) is 6.03. The van der Waals surface area contributed by atoms with Gasteiger partial charge in [0.1, 0.15) is 13.3 Å². The molecule has 0 radical (unpaired) electrons. The van der Waals surface area contributed by atoms with Crippen LogP contribution in [0.4, 0.5) is 8.78 Å². The van der Waals surface area contributed by atoms with E-state index >= 15 is 0 Å². The standard InChI is InChI=1S/C8H12F2/c1-2-8(5-7-10)4-3-6-9/h3-5H,2,6-7H2,1H3/b4-3-,8-5-. The molecular weight excluding hydrogens is 134 g/mol. The number of halogens is 2. The Labute approximate surface area is 60.2 Å². The van der Waals surface area contributed by atoms with Crippen LogP contribution in [0.2, 0.25) is 0 Å². The predicted octanol–water partition coefficient (Wildman–Crippen LogP) is 2.82. The Hall–Kier alpha value is -0.660. The highest BCUT2D eigenvalue weighted by Crippen LogP contribution is 2.01. The Morgan fingerprint density at radius 3 is 2.40 bits per heavy atom. The van der Waals surface area contributed by atoms with Crippen molar-refractivity contribution in [1.82, 2.24) is 0 Å². The zero-order valence-electron chi connectivity index (χ0n) is 6.11. The first-order chi connectivity index (χ1) is 4.85. The largest absolute Gasteiger partial charge is 0.247 e. The zero-order chi connectivity index (χ0) is 7.82. The van der Waals surface area contributed by atoms with Crippen LogP contribution >= 0.6 is 0 Å². The van der Waals surface area contributed by atoms with Crippen LogP contribution < -0.4 is 0 Å². The van der Waals surface area contributed by atoms with Gasteiger partial charge in [0.25, 0.3) is 0 Å². The van der Waals surface area contributed by atoms with Crippen molar-refractivity contribution < 1.29 is 8.78 Å². The van der Waals surface area contributed by atoms with Crippen LogP contribution in [0.1, 0.15) is 13.3 Å². The van der Waals surface area contributed by atoms with Gasteiger partial charge in [0, 0.05) is 0 Å². The maximum absolute atomic E-state index is 11.7. The third-order valence-electron chi connectivity index (χ3n) is 1.17. The minimum Gasteiger partial charge on any atom is -0.247 e. The molecule has 10 heavy (non-hydrogen) atoms. The molecule has 0 fully saturated rings. The van der Waals surface area contributed by atoms with E-state index < -0.39 is 13.3 Å². The topological polar surface area (TPSA) is 0 Å². The first-order valence-corrected chi connectivity index (χ1v) is 3.32. The van der Waals surface area contributed by atoms with Crippen LogP contribution in [-0.4, -0.2) is 13.3 Å². The second-order valence-electron chi connectivity index (χ2n) is 1.84. The van der Waals surface area contributed by atoms with Gasteiger partial charge >= 0.3 is 0 Å². The van der Waals surface area contributed by atoms with Gasteiger partial charge in [-0.1, -0.05) is 25.2 Å². The summed E-state index contributed by atoms with van der Waals surface area (Å²) in [5, 5.41) is 0. The molecule has 0 aromatic carbocycles. The second kappa shape index (κ2) is 6.46. The Balaban J connectivity index is 3.82. The lowest BCUT2D eigenvalue weighted by Gasteiger charge is -1.92. The Bertz CT molecular complexity index is 125. The van der Waals surface area contributed by atoms with Crippen molar-refractivity contribution in [2.75, 3.05) is 13.3 Å². The molecule has 58 valence electrons. The maximum atomic E-state index is 11.7. The molecule has 2 heteroatoms. The molecule has 0 unspecified atom stereocenters. The van der Waals surface area contributed by atoms with E-state index in [4.69, 9.17) is 0 Å². The molecule has 0 aromatic rings. The van der Waals surface area contributed by atoms with E-state index in [9.17, 15) is 8.78 Å². The number of alkyl halides is 2. The summed E-state index contributed by atoms with van der Waals surface area (Å²) in [6.07, 6.45) is 5.19. The summed E-state index contributed by atoms with van der Waals surface area (Å²) in [5.41, 5.74) is 0.847. The van der Waals surface area contributed by atoms with Gasteiger partial charge in [-0.25, -0.2) is 8.78 Å². The molecule has 0 heterocycles. The SMILES string of the molecule is CCC(/C=C\CF)=C/CF. The quantitative estimate of drug-likeness (QED) is 0.535. The average molecular weight is 146 g/mol. The third-order valence-corrected chi connectivity index (χ3v) is 1.17. The lowest BCUT2D eigenvalue weighted by Crippen LogP contribution is -1.76. The van der Waals surface area contributed by atoms with Crippen molar-refractivity contribution in [3.05, 3.63) is 23.8 Å². The van der Waals surface area contributed by atoms with E-state index in [-0.39, 0.29) is 0 Å². The molecule has 0 saturated heterocycles. The monoisotopic (exact) mass is 146 g/mol. The van der Waals surface area contributed by atoms with Gasteiger partial charge in [0.2, 0.25) is 0 Å². The fourth-order valence-electron chi connectivity index (χ4n) is 0.625. The second-order valence-corrected chi connectivity index (χ2v) is 1.84. The van der Waals surface area contributed by atoms with Gasteiger partial charge in [0.15, 0.2) is 0 Å². The highest BCUT2D eigenvalue weighted by molar-refractivity contribution is 5.18. The fourth-order valence-corrected chi connectivity index (χ4v) is 0.625. The summed E-state index contributed by atoms with van der Waals surface area (Å²) in [7, 11) is 0. The van der Waals surface area contributed by atoms with Gasteiger partial charge < -0.3 is 0 Å². The summed E-state index contributed by atoms with van der Waals surface area (Å²) in [6, 6.07) is 0. The lowest BCUT2D eigenvalue weighted by atomic mass is 10.2. The summed E-state index contributed by atoms with van der Waals surface area (Å²) < 4.78 is 23.2. The van der Waals surface area contributed by atoms with Crippen molar-refractivity contribution in [2.45, 2.75) is 13.3 Å². The molecular formula is C8H12F2. The van der Waals surface area contributed by atoms with E-state index in [1.54, 1.807) is 6.08 Å². The molecule has 0 saturated carbocycles. The zero-order valence-corrected chi connectivity index (χ0v) is 6.11. The number of allylic oxidation sites excluding steroid dienone is 4. The van der Waals surface area contributed by atoms with E-state index in [1.165, 1.54) is 12.2 Å². The molecule has 0 amide bonds. The predicted molar refractivity (Wildman–Crippen MR) is 39.5 cm³/mol. The first-order valence-electron chi connectivity index (χ1n) is 3.32. The molecule has 0 N–H and O–H groups in total. The van der Waals surface area contributed by atoms with Crippen molar-refractivity contribution in [2.24, 2.45) is 0 Å². The van der Waals surface area contributed by atoms with Crippen LogP contribution in [0.15, 0.2) is 23.8 Å². The van der Waals surface area contributed by atoms with Gasteiger partial charge in [-0.3, -0.25) is 0 Å². The summed E-state index contributed by atoms with van der Waals surface area (Å²) in [5.74, 6) is 0. The number of hydrogen-bond acceptors (Lipinski definition) is 0. The summed E-state index contributed by atoms with van der Waals surface area (Å²) in [4.78, 5) is 0. The average Bonchev–Trinajstić information content (AvgIpc) is 1.98. The molecule has 0 nitrogen and oxygen atoms in total. The van der Waals surface area contributed by atoms with Crippen molar-refractivity contribution in [3.8, 4) is 0 Å². The molecule has 0 bridgehead atoms. The van der Waals surface area contributed by atoms with Crippen LogP contribution in [0.3, 0.4) is 0 Å².